The van der Waals surface area contributed by atoms with Crippen LogP contribution in [0.3, 0.4) is 0 Å². The van der Waals surface area contributed by atoms with Crippen LogP contribution in [0.5, 0.6) is 0 Å². The summed E-state index contributed by atoms with van der Waals surface area (Å²) in [7, 11) is 1.45. The fraction of sp³-hybridized carbons (Fsp3) is 0.538. The number of likely N-dealkylation sites (tertiary alicyclic amines) is 1. The number of methoxy groups -OCH3 is 1. The fourth-order valence-corrected chi connectivity index (χ4v) is 3.58. The Kier molecular flexibility index (Phi) is 3.01. The summed E-state index contributed by atoms with van der Waals surface area (Å²) in [6.45, 7) is 0.777. The summed E-state index contributed by atoms with van der Waals surface area (Å²) < 4.78 is 5.88. The first-order chi connectivity index (χ1) is 8.70. The molecule has 0 spiro atoms. The minimum Gasteiger partial charge on any atom is -0.453 e. The average Bonchev–Trinajstić information content (AvgIpc) is 2.81. The van der Waals surface area contributed by atoms with Crippen molar-refractivity contribution in [2.24, 2.45) is 0 Å². The number of pyridine rings is 1. The Hall–Kier alpha value is -1.10. The highest BCUT2D eigenvalue weighted by Crippen LogP contribution is 2.41. The molecule has 1 aliphatic heterocycles. The van der Waals surface area contributed by atoms with E-state index in [1.54, 1.807) is 0 Å². The first-order valence-corrected chi connectivity index (χ1v) is 6.99. The van der Waals surface area contributed by atoms with Gasteiger partial charge in [0.1, 0.15) is 0 Å². The summed E-state index contributed by atoms with van der Waals surface area (Å²) in [4.78, 5) is 18.1. The van der Waals surface area contributed by atoms with Gasteiger partial charge in [-0.05, 0) is 46.8 Å². The van der Waals surface area contributed by atoms with Gasteiger partial charge in [-0.25, -0.2) is 4.79 Å². The van der Waals surface area contributed by atoms with E-state index in [2.05, 4.69) is 27.0 Å². The lowest BCUT2D eigenvalue weighted by molar-refractivity contribution is 0.114. The van der Waals surface area contributed by atoms with Crippen LogP contribution in [0.4, 0.5) is 4.79 Å². The first kappa shape index (κ1) is 12.0. The van der Waals surface area contributed by atoms with E-state index in [4.69, 9.17) is 4.74 Å². The van der Waals surface area contributed by atoms with Crippen LogP contribution < -0.4 is 0 Å². The van der Waals surface area contributed by atoms with Crippen LogP contribution >= 0.6 is 15.9 Å². The Morgan fingerprint density at radius 2 is 2.39 bits per heavy atom. The maximum absolute atomic E-state index is 11.7. The van der Waals surface area contributed by atoms with Gasteiger partial charge < -0.3 is 9.64 Å². The molecule has 1 aromatic heterocycles. The van der Waals surface area contributed by atoms with Gasteiger partial charge in [0.05, 0.1) is 7.11 Å². The third kappa shape index (κ3) is 1.81. The maximum atomic E-state index is 11.7. The Balaban J connectivity index is 1.91. The molecular formula is C13H15BrN2O2. The van der Waals surface area contributed by atoms with Crippen LogP contribution in [0.2, 0.25) is 0 Å². The summed E-state index contributed by atoms with van der Waals surface area (Å²) in [6.07, 6.45) is 4.62. The highest BCUT2D eigenvalue weighted by molar-refractivity contribution is 9.10. The molecule has 2 unspecified atom stereocenters. The third-order valence-electron chi connectivity index (χ3n) is 3.98. The number of carbonyl (C=O) groups excluding carboxylic acids is 1. The molecule has 0 radical (unpaired) electrons. The number of fused-ring (bicyclic) bond motifs is 3. The van der Waals surface area contributed by atoms with E-state index >= 15 is 0 Å². The lowest BCUT2D eigenvalue weighted by atomic mass is 9.83. The van der Waals surface area contributed by atoms with Crippen molar-refractivity contribution in [1.29, 1.82) is 0 Å². The van der Waals surface area contributed by atoms with E-state index in [1.165, 1.54) is 18.4 Å². The van der Waals surface area contributed by atoms with Gasteiger partial charge in [0.2, 0.25) is 0 Å². The molecule has 0 bridgehead atoms. The van der Waals surface area contributed by atoms with Crippen molar-refractivity contribution in [2.45, 2.75) is 31.2 Å². The Bertz CT molecular complexity index is 492. The van der Waals surface area contributed by atoms with Crippen molar-refractivity contribution in [1.82, 2.24) is 9.88 Å². The zero-order valence-electron chi connectivity index (χ0n) is 10.2. The molecule has 1 aromatic rings. The second-order valence-corrected chi connectivity index (χ2v) is 5.78. The summed E-state index contributed by atoms with van der Waals surface area (Å²) in [5, 5.41) is 0. The number of halogens is 1. The second-order valence-electron chi connectivity index (χ2n) is 4.86. The van der Waals surface area contributed by atoms with Crippen LogP contribution in [0.1, 0.15) is 30.0 Å². The van der Waals surface area contributed by atoms with Gasteiger partial charge in [0, 0.05) is 34.9 Å². The number of aryl methyl sites for hydroxylation is 1. The lowest BCUT2D eigenvalue weighted by Gasteiger charge is -2.31. The van der Waals surface area contributed by atoms with E-state index in [-0.39, 0.29) is 12.1 Å². The number of nitrogens with zero attached hydrogens (tertiary/aromatic N) is 2. The summed E-state index contributed by atoms with van der Waals surface area (Å²) >= 11 is 3.46. The normalized spacial score (nSPS) is 25.6. The molecule has 18 heavy (non-hydrogen) atoms. The Labute approximate surface area is 114 Å². The van der Waals surface area contributed by atoms with Crippen molar-refractivity contribution >= 4 is 22.0 Å². The minimum atomic E-state index is -0.205. The Morgan fingerprint density at radius 1 is 1.56 bits per heavy atom. The van der Waals surface area contributed by atoms with Gasteiger partial charge >= 0.3 is 6.09 Å². The monoisotopic (exact) mass is 310 g/mol. The zero-order valence-corrected chi connectivity index (χ0v) is 11.8. The average molecular weight is 311 g/mol. The van der Waals surface area contributed by atoms with Crippen LogP contribution in [0.15, 0.2) is 16.7 Å². The largest absolute Gasteiger partial charge is 0.453 e. The summed E-state index contributed by atoms with van der Waals surface area (Å²) in [6, 6.07) is 2.41. The van der Waals surface area contributed by atoms with E-state index in [0.717, 1.165) is 30.3 Å². The minimum absolute atomic E-state index is 0.205. The van der Waals surface area contributed by atoms with Gasteiger partial charge in [-0.15, -0.1) is 0 Å². The quantitative estimate of drug-likeness (QED) is 0.740. The first-order valence-electron chi connectivity index (χ1n) is 6.19. The van der Waals surface area contributed by atoms with Gasteiger partial charge in [0.25, 0.3) is 0 Å². The van der Waals surface area contributed by atoms with E-state index in [0.29, 0.717) is 5.92 Å². The Morgan fingerprint density at radius 3 is 3.17 bits per heavy atom. The maximum Gasteiger partial charge on any atom is 0.409 e. The van der Waals surface area contributed by atoms with Crippen LogP contribution in [-0.2, 0) is 11.2 Å². The van der Waals surface area contributed by atoms with Gasteiger partial charge in [-0.2, -0.15) is 0 Å². The number of hydrogen-bond acceptors (Lipinski definition) is 3. The predicted molar refractivity (Wildman–Crippen MR) is 70.5 cm³/mol. The highest BCUT2D eigenvalue weighted by Gasteiger charge is 2.42. The summed E-state index contributed by atoms with van der Waals surface area (Å²) in [5.41, 5.74) is 2.48. The molecule has 3 rings (SSSR count). The third-order valence-corrected chi connectivity index (χ3v) is 4.42. The number of rotatable bonds is 0. The van der Waals surface area contributed by atoms with Crippen LogP contribution in [0.25, 0.3) is 0 Å². The van der Waals surface area contributed by atoms with Crippen molar-refractivity contribution in [3.8, 4) is 0 Å². The molecule has 0 N–H and O–H groups in total. The number of hydrogen-bond donors (Lipinski definition) is 0. The standard InChI is InChI=1S/C13H15BrN2O2/c1-18-13(17)16-5-4-10-11(16)3-2-8-6-9(14)7-15-12(8)10/h6-7,10-11H,2-5H2,1H3. The molecule has 2 aliphatic rings. The topological polar surface area (TPSA) is 42.4 Å². The molecule has 5 heteroatoms. The molecule has 1 fully saturated rings. The fourth-order valence-electron chi connectivity index (χ4n) is 3.20. The van der Waals surface area contributed by atoms with Crippen molar-refractivity contribution in [3.63, 3.8) is 0 Å². The van der Waals surface area contributed by atoms with Gasteiger partial charge in [-0.3, -0.25) is 4.98 Å². The van der Waals surface area contributed by atoms with Gasteiger partial charge in [-0.1, -0.05) is 0 Å². The second kappa shape index (κ2) is 4.53. The number of carbonyl (C=O) groups is 1. The molecule has 1 saturated heterocycles. The van der Waals surface area contributed by atoms with Crippen LogP contribution in [-0.4, -0.2) is 35.7 Å². The molecule has 0 aromatic carbocycles. The van der Waals surface area contributed by atoms with Crippen molar-refractivity contribution < 1.29 is 9.53 Å². The van der Waals surface area contributed by atoms with E-state index in [1.807, 2.05) is 11.1 Å². The molecule has 1 aliphatic carbocycles. The molecular weight excluding hydrogens is 296 g/mol. The smallest absolute Gasteiger partial charge is 0.409 e. The number of ether oxygens (including phenoxy) is 1. The lowest BCUT2D eigenvalue weighted by Crippen LogP contribution is -2.39. The van der Waals surface area contributed by atoms with Crippen molar-refractivity contribution in [3.05, 3.63) is 28.0 Å². The molecule has 1 amide bonds. The predicted octanol–water partition coefficient (Wildman–Crippen LogP) is 2.71. The number of aromatic nitrogens is 1. The van der Waals surface area contributed by atoms with E-state index < -0.39 is 0 Å². The SMILES string of the molecule is COC(=O)N1CCC2c3ncc(Br)cc3CCC21. The van der Waals surface area contributed by atoms with Gasteiger partial charge in [0.15, 0.2) is 0 Å². The molecule has 4 nitrogen and oxygen atoms in total. The molecule has 2 atom stereocenters. The van der Waals surface area contributed by atoms with E-state index in [9.17, 15) is 4.79 Å². The highest BCUT2D eigenvalue weighted by atomic mass is 79.9. The molecule has 2 heterocycles. The molecule has 0 saturated carbocycles. The van der Waals surface area contributed by atoms with Crippen molar-refractivity contribution in [2.75, 3.05) is 13.7 Å². The van der Waals surface area contributed by atoms with Crippen LogP contribution in [0, 0.1) is 0 Å². The molecule has 96 valence electrons. The number of amides is 1. The zero-order chi connectivity index (χ0) is 12.7. The summed E-state index contributed by atoms with van der Waals surface area (Å²) in [5.74, 6) is 0.376.